The topological polar surface area (TPSA) is 107 Å². The van der Waals surface area contributed by atoms with Crippen LogP contribution in [-0.4, -0.2) is 28.6 Å². The fourth-order valence-electron chi connectivity index (χ4n) is 1.28. The van der Waals surface area contributed by atoms with Crippen LogP contribution in [0.3, 0.4) is 0 Å². The predicted molar refractivity (Wildman–Crippen MR) is 63.6 cm³/mol. The van der Waals surface area contributed by atoms with Gasteiger partial charge in [0.2, 0.25) is 0 Å². The van der Waals surface area contributed by atoms with Crippen molar-refractivity contribution in [3.63, 3.8) is 0 Å². The predicted octanol–water partition coefficient (Wildman–Crippen LogP) is 1.21. The van der Waals surface area contributed by atoms with Crippen LogP contribution < -0.4 is 0 Å². The molecular formula is C12H9NO6. The zero-order chi connectivity index (χ0) is 14.4. The molecule has 0 aliphatic rings. The fourth-order valence-corrected chi connectivity index (χ4v) is 1.28. The SMILES string of the molecule is CCOC(=O)C#Cc1c(C(=O)O)cccc1[N+](=O)[O-]. The standard InChI is InChI=1S/C12H9NO6/c1-2-19-11(14)7-6-8-9(12(15)16)4-3-5-10(8)13(17)18/h3-5H,2H2,1H3,(H,15,16). The number of nitrogens with zero attached hydrogens (tertiary/aromatic N) is 1. The Morgan fingerprint density at radius 2 is 2.16 bits per heavy atom. The van der Waals surface area contributed by atoms with E-state index in [1.165, 1.54) is 12.1 Å². The molecule has 0 fully saturated rings. The molecule has 0 heterocycles. The second kappa shape index (κ2) is 6.16. The number of esters is 1. The first-order valence-electron chi connectivity index (χ1n) is 5.16. The summed E-state index contributed by atoms with van der Waals surface area (Å²) in [5.74, 6) is 1.95. The summed E-state index contributed by atoms with van der Waals surface area (Å²) in [6.45, 7) is 1.68. The van der Waals surface area contributed by atoms with E-state index >= 15 is 0 Å². The first-order valence-corrected chi connectivity index (χ1v) is 5.16. The molecule has 7 heteroatoms. The monoisotopic (exact) mass is 263 g/mol. The van der Waals surface area contributed by atoms with E-state index in [2.05, 4.69) is 10.7 Å². The van der Waals surface area contributed by atoms with Gasteiger partial charge in [-0.15, -0.1) is 0 Å². The van der Waals surface area contributed by atoms with Gasteiger partial charge in [0.1, 0.15) is 5.56 Å². The number of nitro benzene ring substituents is 1. The summed E-state index contributed by atoms with van der Waals surface area (Å²) >= 11 is 0. The first-order chi connectivity index (χ1) is 8.97. The zero-order valence-electron chi connectivity index (χ0n) is 9.87. The molecule has 1 rings (SSSR count). The third-order valence-corrected chi connectivity index (χ3v) is 2.03. The van der Waals surface area contributed by atoms with Gasteiger partial charge in [0, 0.05) is 12.0 Å². The van der Waals surface area contributed by atoms with Crippen LogP contribution in [-0.2, 0) is 9.53 Å². The van der Waals surface area contributed by atoms with Crippen molar-refractivity contribution < 1.29 is 24.4 Å². The van der Waals surface area contributed by atoms with Gasteiger partial charge in [-0.2, -0.15) is 0 Å². The molecule has 0 saturated carbocycles. The molecule has 0 aliphatic carbocycles. The van der Waals surface area contributed by atoms with Gasteiger partial charge in [-0.3, -0.25) is 10.1 Å². The molecule has 0 bridgehead atoms. The van der Waals surface area contributed by atoms with Crippen molar-refractivity contribution >= 4 is 17.6 Å². The van der Waals surface area contributed by atoms with Crippen LogP contribution >= 0.6 is 0 Å². The number of carboxylic acid groups (broad SMARTS) is 1. The Morgan fingerprint density at radius 1 is 1.47 bits per heavy atom. The number of aromatic carboxylic acids is 1. The minimum absolute atomic E-state index is 0.107. The molecule has 0 radical (unpaired) electrons. The highest BCUT2D eigenvalue weighted by Crippen LogP contribution is 2.21. The van der Waals surface area contributed by atoms with E-state index in [0.29, 0.717) is 0 Å². The molecule has 19 heavy (non-hydrogen) atoms. The van der Waals surface area contributed by atoms with Crippen molar-refractivity contribution in [2.75, 3.05) is 6.61 Å². The van der Waals surface area contributed by atoms with Crippen LogP contribution in [0.4, 0.5) is 5.69 Å². The van der Waals surface area contributed by atoms with E-state index in [4.69, 9.17) is 5.11 Å². The molecule has 1 N–H and O–H groups in total. The highest BCUT2D eigenvalue weighted by molar-refractivity contribution is 5.94. The summed E-state index contributed by atoms with van der Waals surface area (Å²) in [4.78, 5) is 32.1. The molecule has 1 aromatic carbocycles. The smallest absolute Gasteiger partial charge is 0.384 e. The normalized spacial score (nSPS) is 9.11. The molecule has 0 aromatic heterocycles. The van der Waals surface area contributed by atoms with E-state index in [1.807, 2.05) is 5.92 Å². The Labute approximate surface area is 108 Å². The first kappa shape index (κ1) is 14.2. The quantitative estimate of drug-likeness (QED) is 0.380. The number of carboxylic acids is 1. The van der Waals surface area contributed by atoms with Gasteiger partial charge in [0.05, 0.1) is 17.1 Å². The van der Waals surface area contributed by atoms with Gasteiger partial charge in [-0.1, -0.05) is 6.07 Å². The molecule has 98 valence electrons. The summed E-state index contributed by atoms with van der Waals surface area (Å²) in [5, 5.41) is 19.7. The Morgan fingerprint density at radius 3 is 2.68 bits per heavy atom. The van der Waals surface area contributed by atoms with Gasteiger partial charge in [-0.25, -0.2) is 9.59 Å². The number of hydrogen-bond donors (Lipinski definition) is 1. The third-order valence-electron chi connectivity index (χ3n) is 2.03. The lowest BCUT2D eigenvalue weighted by Crippen LogP contribution is -2.04. The molecule has 0 aliphatic heterocycles. The zero-order valence-corrected chi connectivity index (χ0v) is 9.87. The highest BCUT2D eigenvalue weighted by atomic mass is 16.6. The van der Waals surface area contributed by atoms with Gasteiger partial charge in [-0.05, 0) is 18.9 Å². The number of benzene rings is 1. The lowest BCUT2D eigenvalue weighted by atomic mass is 10.1. The molecule has 0 saturated heterocycles. The van der Waals surface area contributed by atoms with Crippen LogP contribution in [0.1, 0.15) is 22.8 Å². The average molecular weight is 263 g/mol. The Balaban J connectivity index is 3.33. The van der Waals surface area contributed by atoms with Crippen LogP contribution in [0.5, 0.6) is 0 Å². The second-order valence-electron chi connectivity index (χ2n) is 3.23. The second-order valence-corrected chi connectivity index (χ2v) is 3.23. The molecule has 0 atom stereocenters. The third kappa shape index (κ3) is 3.54. The van der Waals surface area contributed by atoms with Crippen LogP contribution in [0, 0.1) is 22.0 Å². The number of hydrogen-bond acceptors (Lipinski definition) is 5. The van der Waals surface area contributed by atoms with Crippen molar-refractivity contribution in [1.82, 2.24) is 0 Å². The molecule has 1 aromatic rings. The Kier molecular flexibility index (Phi) is 4.60. The van der Waals surface area contributed by atoms with Crippen molar-refractivity contribution in [2.45, 2.75) is 6.92 Å². The summed E-state index contributed by atoms with van der Waals surface area (Å²) in [5.41, 5.74) is -1.14. The average Bonchev–Trinajstić information content (AvgIpc) is 2.35. The van der Waals surface area contributed by atoms with Crippen molar-refractivity contribution in [2.24, 2.45) is 0 Å². The maximum Gasteiger partial charge on any atom is 0.384 e. The van der Waals surface area contributed by atoms with Crippen molar-refractivity contribution in [1.29, 1.82) is 0 Å². The molecular weight excluding hydrogens is 254 g/mol. The van der Waals surface area contributed by atoms with E-state index in [0.717, 1.165) is 6.07 Å². The number of carbonyl (C=O) groups is 2. The summed E-state index contributed by atoms with van der Waals surface area (Å²) < 4.78 is 4.53. The maximum absolute atomic E-state index is 11.1. The van der Waals surface area contributed by atoms with Gasteiger partial charge >= 0.3 is 11.9 Å². The molecule has 0 spiro atoms. The van der Waals surface area contributed by atoms with Crippen molar-refractivity contribution in [3.05, 3.63) is 39.4 Å². The summed E-state index contributed by atoms with van der Waals surface area (Å²) in [6, 6.07) is 3.52. The number of rotatable bonds is 3. The largest absolute Gasteiger partial charge is 0.478 e. The Hall–Kier alpha value is -2.88. The van der Waals surface area contributed by atoms with Crippen LogP contribution in [0.15, 0.2) is 18.2 Å². The summed E-state index contributed by atoms with van der Waals surface area (Å²) in [7, 11) is 0. The maximum atomic E-state index is 11.1. The Bertz CT molecular complexity index is 564. The number of ether oxygens (including phenoxy) is 1. The van der Waals surface area contributed by atoms with E-state index in [1.54, 1.807) is 6.92 Å². The van der Waals surface area contributed by atoms with Gasteiger partial charge in [0.25, 0.3) is 5.69 Å². The lowest BCUT2D eigenvalue weighted by Gasteiger charge is -2.00. The molecule has 0 amide bonds. The van der Waals surface area contributed by atoms with E-state index in [-0.39, 0.29) is 17.7 Å². The van der Waals surface area contributed by atoms with Gasteiger partial charge < -0.3 is 9.84 Å². The van der Waals surface area contributed by atoms with Gasteiger partial charge in [0.15, 0.2) is 0 Å². The summed E-state index contributed by atoms with van der Waals surface area (Å²) in [6.07, 6.45) is 0. The van der Waals surface area contributed by atoms with Crippen molar-refractivity contribution in [3.8, 4) is 11.8 Å². The van der Waals surface area contributed by atoms with E-state index in [9.17, 15) is 19.7 Å². The minimum atomic E-state index is -1.36. The van der Waals surface area contributed by atoms with Crippen LogP contribution in [0.25, 0.3) is 0 Å². The van der Waals surface area contributed by atoms with E-state index < -0.39 is 22.5 Å². The minimum Gasteiger partial charge on any atom is -0.478 e. The molecule has 0 unspecified atom stereocenters. The van der Waals surface area contributed by atoms with Crippen LogP contribution in [0.2, 0.25) is 0 Å². The highest BCUT2D eigenvalue weighted by Gasteiger charge is 2.19. The molecule has 7 nitrogen and oxygen atoms in total. The number of carbonyl (C=O) groups excluding carboxylic acids is 1. The fraction of sp³-hybridized carbons (Fsp3) is 0.167. The lowest BCUT2D eigenvalue weighted by molar-refractivity contribution is -0.385. The number of nitro groups is 1.